The Morgan fingerprint density at radius 1 is 1.69 bits per heavy atom. The number of alkyl halides is 2. The first-order valence-corrected chi connectivity index (χ1v) is 5.20. The van der Waals surface area contributed by atoms with E-state index in [2.05, 4.69) is 10.3 Å². The van der Waals surface area contributed by atoms with E-state index in [4.69, 9.17) is 10.8 Å². The number of rotatable bonds is 4. The first-order chi connectivity index (χ1) is 7.41. The summed E-state index contributed by atoms with van der Waals surface area (Å²) in [4.78, 5) is 15.5. The van der Waals surface area contributed by atoms with Crippen molar-refractivity contribution in [2.24, 2.45) is 0 Å². The van der Waals surface area contributed by atoms with Gasteiger partial charge in [0.1, 0.15) is 11.0 Å². The molecule has 1 aromatic heterocycles. The number of nitrogen functional groups attached to an aromatic ring is 1. The van der Waals surface area contributed by atoms with Crippen molar-refractivity contribution in [3.05, 3.63) is 10.6 Å². The van der Waals surface area contributed by atoms with Gasteiger partial charge >= 0.3 is 0 Å². The van der Waals surface area contributed by atoms with Crippen molar-refractivity contribution in [1.82, 2.24) is 10.3 Å². The minimum Gasteiger partial charge on any atom is -0.385 e. The number of amides is 1. The third-order valence-corrected chi connectivity index (χ3v) is 2.77. The van der Waals surface area contributed by atoms with Crippen LogP contribution >= 0.6 is 11.3 Å². The van der Waals surface area contributed by atoms with Gasteiger partial charge in [-0.3, -0.25) is 4.79 Å². The number of nitrogens with two attached hydrogens (primary N) is 1. The number of halogens is 2. The smallest absolute Gasteiger partial charge is 0.265 e. The van der Waals surface area contributed by atoms with Crippen LogP contribution in [0.3, 0.4) is 0 Å². The summed E-state index contributed by atoms with van der Waals surface area (Å²) in [6, 6.07) is 0. The third-order valence-electron chi connectivity index (χ3n) is 1.78. The lowest BCUT2D eigenvalue weighted by atomic mass is 10.3. The lowest BCUT2D eigenvalue weighted by Gasteiger charge is -2.09. The Hall–Kier alpha value is -1.28. The monoisotopic (exact) mass is 251 g/mol. The Labute approximate surface area is 94.3 Å². The number of aliphatic hydroxyl groups is 1. The fraction of sp³-hybridized carbons (Fsp3) is 0.500. The van der Waals surface area contributed by atoms with Gasteiger partial charge in [-0.25, -0.2) is 13.8 Å². The Balaban J connectivity index is 2.56. The van der Waals surface area contributed by atoms with E-state index < -0.39 is 25.0 Å². The molecule has 1 unspecified atom stereocenters. The van der Waals surface area contributed by atoms with Crippen LogP contribution in [0, 0.1) is 6.92 Å². The summed E-state index contributed by atoms with van der Waals surface area (Å²) < 4.78 is 23.9. The first kappa shape index (κ1) is 12.8. The number of anilines is 1. The summed E-state index contributed by atoms with van der Waals surface area (Å²) in [7, 11) is 0. The highest BCUT2D eigenvalue weighted by Crippen LogP contribution is 2.19. The van der Waals surface area contributed by atoms with Gasteiger partial charge in [0.2, 0.25) is 0 Å². The molecule has 0 spiro atoms. The average molecular weight is 251 g/mol. The Bertz CT molecular complexity index is 383. The molecule has 0 fully saturated rings. The molecule has 0 aliphatic carbocycles. The first-order valence-electron chi connectivity index (χ1n) is 4.39. The number of thiazole rings is 1. The van der Waals surface area contributed by atoms with Crippen molar-refractivity contribution in [3.8, 4) is 0 Å². The molecular formula is C8H11F2N3O2S. The van der Waals surface area contributed by atoms with Crippen LogP contribution in [0.4, 0.5) is 13.9 Å². The highest BCUT2D eigenvalue weighted by atomic mass is 32.1. The standard InChI is InChI=1S/C8H11F2N3O2S/c1-3-5(16-8(11)13-3)7(15)12-2-4(14)6(9)10/h4,6,14H,2H2,1H3,(H2,11,13)(H,12,15). The summed E-state index contributed by atoms with van der Waals surface area (Å²) in [5.41, 5.74) is 5.82. The molecule has 5 nitrogen and oxygen atoms in total. The highest BCUT2D eigenvalue weighted by molar-refractivity contribution is 7.17. The average Bonchev–Trinajstić information content (AvgIpc) is 2.53. The normalized spacial score (nSPS) is 12.8. The Morgan fingerprint density at radius 2 is 2.31 bits per heavy atom. The second kappa shape index (κ2) is 5.17. The minimum atomic E-state index is -2.88. The van der Waals surface area contributed by atoms with Crippen LogP contribution in [0.15, 0.2) is 0 Å². The van der Waals surface area contributed by atoms with Crippen molar-refractivity contribution in [3.63, 3.8) is 0 Å². The Morgan fingerprint density at radius 3 is 2.75 bits per heavy atom. The van der Waals surface area contributed by atoms with E-state index in [0.717, 1.165) is 11.3 Å². The number of aromatic nitrogens is 1. The van der Waals surface area contributed by atoms with Crippen LogP contribution in [0.25, 0.3) is 0 Å². The third kappa shape index (κ3) is 3.11. The number of hydrogen-bond acceptors (Lipinski definition) is 5. The van der Waals surface area contributed by atoms with Gasteiger partial charge in [0.25, 0.3) is 12.3 Å². The molecule has 1 amide bonds. The van der Waals surface area contributed by atoms with Crippen LogP contribution in [0.2, 0.25) is 0 Å². The van der Waals surface area contributed by atoms with Gasteiger partial charge in [-0.15, -0.1) is 0 Å². The maximum absolute atomic E-state index is 11.9. The summed E-state index contributed by atoms with van der Waals surface area (Å²) in [5.74, 6) is -0.564. The van der Waals surface area contributed by atoms with E-state index in [-0.39, 0.29) is 10.0 Å². The lowest BCUT2D eigenvalue weighted by Crippen LogP contribution is -2.35. The maximum Gasteiger partial charge on any atom is 0.265 e. The molecule has 1 aromatic rings. The number of aliphatic hydroxyl groups excluding tert-OH is 1. The van der Waals surface area contributed by atoms with E-state index in [1.54, 1.807) is 6.92 Å². The van der Waals surface area contributed by atoms with Crippen LogP contribution in [-0.2, 0) is 0 Å². The van der Waals surface area contributed by atoms with Gasteiger partial charge in [0.15, 0.2) is 5.13 Å². The second-order valence-corrected chi connectivity index (χ2v) is 4.11. The predicted octanol–water partition coefficient (Wildman–Crippen LogP) is 0.390. The van der Waals surface area contributed by atoms with Crippen molar-refractivity contribution >= 4 is 22.4 Å². The molecule has 1 rings (SSSR count). The zero-order chi connectivity index (χ0) is 12.3. The summed E-state index contributed by atoms with van der Waals surface area (Å²) in [6.07, 6.45) is -4.75. The number of carbonyl (C=O) groups is 1. The van der Waals surface area contributed by atoms with E-state index in [1.165, 1.54) is 0 Å². The number of carbonyl (C=O) groups excluding carboxylic acids is 1. The highest BCUT2D eigenvalue weighted by Gasteiger charge is 2.19. The number of nitrogens with zero attached hydrogens (tertiary/aromatic N) is 1. The van der Waals surface area contributed by atoms with E-state index >= 15 is 0 Å². The Kier molecular flexibility index (Phi) is 4.13. The van der Waals surface area contributed by atoms with Crippen molar-refractivity contribution in [2.45, 2.75) is 19.5 Å². The van der Waals surface area contributed by atoms with Crippen molar-refractivity contribution in [2.75, 3.05) is 12.3 Å². The fourth-order valence-electron chi connectivity index (χ4n) is 0.995. The van der Waals surface area contributed by atoms with Gasteiger partial charge in [0, 0.05) is 6.54 Å². The van der Waals surface area contributed by atoms with E-state index in [0.29, 0.717) is 5.69 Å². The van der Waals surface area contributed by atoms with Gasteiger partial charge in [-0.1, -0.05) is 11.3 Å². The lowest BCUT2D eigenvalue weighted by molar-refractivity contribution is -0.00268. The van der Waals surface area contributed by atoms with Crippen molar-refractivity contribution < 1.29 is 18.7 Å². The van der Waals surface area contributed by atoms with E-state index in [9.17, 15) is 13.6 Å². The molecule has 1 atom stereocenters. The van der Waals surface area contributed by atoms with Crippen LogP contribution in [0.1, 0.15) is 15.4 Å². The van der Waals surface area contributed by atoms with Crippen LogP contribution < -0.4 is 11.1 Å². The SMILES string of the molecule is Cc1nc(N)sc1C(=O)NCC(O)C(F)F. The van der Waals surface area contributed by atoms with E-state index in [1.807, 2.05) is 0 Å². The van der Waals surface area contributed by atoms with Crippen molar-refractivity contribution in [1.29, 1.82) is 0 Å². The topological polar surface area (TPSA) is 88.2 Å². The molecule has 16 heavy (non-hydrogen) atoms. The van der Waals surface area contributed by atoms with Gasteiger partial charge in [-0.05, 0) is 6.92 Å². The number of aryl methyl sites for hydroxylation is 1. The molecule has 0 bridgehead atoms. The van der Waals surface area contributed by atoms with Crippen LogP contribution in [-0.4, -0.2) is 35.1 Å². The molecule has 0 radical (unpaired) electrons. The molecule has 8 heteroatoms. The molecule has 4 N–H and O–H groups in total. The zero-order valence-corrected chi connectivity index (χ0v) is 9.22. The molecule has 0 saturated carbocycles. The molecule has 0 saturated heterocycles. The second-order valence-electron chi connectivity index (χ2n) is 3.08. The molecule has 0 aliphatic rings. The molecule has 0 aromatic carbocycles. The summed E-state index contributed by atoms with van der Waals surface area (Å²) in [5, 5.41) is 11.2. The van der Waals surface area contributed by atoms with Crippen LogP contribution in [0.5, 0.6) is 0 Å². The van der Waals surface area contributed by atoms with Gasteiger partial charge < -0.3 is 16.2 Å². The minimum absolute atomic E-state index is 0.233. The number of nitrogens with one attached hydrogen (secondary N) is 1. The summed E-state index contributed by atoms with van der Waals surface area (Å²) in [6.45, 7) is 1.08. The van der Waals surface area contributed by atoms with Gasteiger partial charge in [0.05, 0.1) is 5.69 Å². The molecule has 0 aliphatic heterocycles. The van der Waals surface area contributed by atoms with Gasteiger partial charge in [-0.2, -0.15) is 0 Å². The quantitative estimate of drug-likeness (QED) is 0.722. The number of hydrogen-bond donors (Lipinski definition) is 3. The zero-order valence-electron chi connectivity index (χ0n) is 8.41. The molecule has 90 valence electrons. The molecular weight excluding hydrogens is 240 g/mol. The fourth-order valence-corrected chi connectivity index (χ4v) is 1.74. The maximum atomic E-state index is 11.9. The molecule has 1 heterocycles. The predicted molar refractivity (Wildman–Crippen MR) is 55.6 cm³/mol. The largest absolute Gasteiger partial charge is 0.385 e. The summed E-state index contributed by atoms with van der Waals surface area (Å²) >= 11 is 0.968.